The van der Waals surface area contributed by atoms with Crippen molar-refractivity contribution in [2.45, 2.75) is 18.4 Å². The second-order valence-electron chi connectivity index (χ2n) is 3.78. The molecule has 0 saturated heterocycles. The standard InChI is InChI=1S/C13H14N2O2S2/c1-2-18-12-6-4-3-5-11(12)14-9-10-7-8-13(19-10)15(16)17/h3-8,14H,2,9H2,1H3. The first kappa shape index (κ1) is 13.9. The average molecular weight is 294 g/mol. The zero-order valence-corrected chi connectivity index (χ0v) is 12.1. The van der Waals surface area contributed by atoms with E-state index < -0.39 is 0 Å². The second kappa shape index (κ2) is 6.58. The Morgan fingerprint density at radius 1 is 1.32 bits per heavy atom. The number of anilines is 1. The van der Waals surface area contributed by atoms with E-state index in [1.54, 1.807) is 23.9 Å². The second-order valence-corrected chi connectivity index (χ2v) is 6.23. The van der Waals surface area contributed by atoms with Crippen LogP contribution < -0.4 is 5.32 Å². The van der Waals surface area contributed by atoms with Gasteiger partial charge in [0.25, 0.3) is 0 Å². The van der Waals surface area contributed by atoms with Gasteiger partial charge >= 0.3 is 5.00 Å². The quantitative estimate of drug-likeness (QED) is 0.488. The molecule has 0 aliphatic carbocycles. The van der Waals surface area contributed by atoms with Gasteiger partial charge in [-0.25, -0.2) is 0 Å². The van der Waals surface area contributed by atoms with Crippen molar-refractivity contribution in [1.82, 2.24) is 0 Å². The fourth-order valence-electron chi connectivity index (χ4n) is 1.64. The van der Waals surface area contributed by atoms with Crippen LogP contribution in [0.25, 0.3) is 0 Å². The van der Waals surface area contributed by atoms with Crippen LogP contribution in [0.5, 0.6) is 0 Å². The first-order valence-corrected chi connectivity index (χ1v) is 7.69. The maximum atomic E-state index is 10.6. The first-order valence-electron chi connectivity index (χ1n) is 5.89. The molecule has 0 fully saturated rings. The Bertz CT molecular complexity index is 569. The molecule has 1 aromatic heterocycles. The molecule has 0 atom stereocenters. The molecule has 0 saturated carbocycles. The number of nitrogens with one attached hydrogen (secondary N) is 1. The lowest BCUT2D eigenvalue weighted by atomic mass is 10.3. The van der Waals surface area contributed by atoms with Crippen molar-refractivity contribution in [2.75, 3.05) is 11.1 Å². The average Bonchev–Trinajstić information content (AvgIpc) is 2.87. The van der Waals surface area contributed by atoms with Crippen LogP contribution in [-0.4, -0.2) is 10.7 Å². The van der Waals surface area contributed by atoms with Crippen LogP contribution in [0.3, 0.4) is 0 Å². The summed E-state index contributed by atoms with van der Waals surface area (Å²) < 4.78 is 0. The number of hydrogen-bond acceptors (Lipinski definition) is 5. The number of para-hydroxylation sites is 1. The molecular formula is C13H14N2O2S2. The lowest BCUT2D eigenvalue weighted by Crippen LogP contribution is -1.98. The zero-order chi connectivity index (χ0) is 13.7. The third kappa shape index (κ3) is 3.71. The Hall–Kier alpha value is -1.53. The van der Waals surface area contributed by atoms with E-state index >= 15 is 0 Å². The van der Waals surface area contributed by atoms with E-state index in [0.717, 1.165) is 16.3 Å². The minimum absolute atomic E-state index is 0.188. The normalized spacial score (nSPS) is 10.4. The molecule has 19 heavy (non-hydrogen) atoms. The lowest BCUT2D eigenvalue weighted by Gasteiger charge is -2.09. The van der Waals surface area contributed by atoms with E-state index in [0.29, 0.717) is 6.54 Å². The van der Waals surface area contributed by atoms with Crippen molar-refractivity contribution in [1.29, 1.82) is 0 Å². The van der Waals surface area contributed by atoms with Crippen LogP contribution in [0, 0.1) is 10.1 Å². The Morgan fingerprint density at radius 3 is 2.79 bits per heavy atom. The van der Waals surface area contributed by atoms with Crippen LogP contribution >= 0.6 is 23.1 Å². The van der Waals surface area contributed by atoms with Gasteiger partial charge in [0.05, 0.1) is 4.92 Å². The van der Waals surface area contributed by atoms with Gasteiger partial charge in [0.15, 0.2) is 0 Å². The third-order valence-corrected chi connectivity index (χ3v) is 4.46. The van der Waals surface area contributed by atoms with Gasteiger partial charge in [-0.2, -0.15) is 0 Å². The van der Waals surface area contributed by atoms with Crippen LogP contribution in [-0.2, 0) is 6.54 Å². The molecule has 0 bridgehead atoms. The number of thiophene rings is 1. The highest BCUT2D eigenvalue weighted by Gasteiger charge is 2.09. The summed E-state index contributed by atoms with van der Waals surface area (Å²) in [7, 11) is 0. The molecule has 0 radical (unpaired) electrons. The summed E-state index contributed by atoms with van der Waals surface area (Å²) in [6, 6.07) is 11.4. The van der Waals surface area contributed by atoms with E-state index in [1.807, 2.05) is 18.2 Å². The minimum atomic E-state index is -0.352. The molecule has 2 rings (SSSR count). The van der Waals surface area contributed by atoms with Gasteiger partial charge in [-0.3, -0.25) is 10.1 Å². The summed E-state index contributed by atoms with van der Waals surface area (Å²) in [5.74, 6) is 1.02. The lowest BCUT2D eigenvalue weighted by molar-refractivity contribution is -0.380. The monoisotopic (exact) mass is 294 g/mol. The molecule has 1 N–H and O–H groups in total. The van der Waals surface area contributed by atoms with Crippen molar-refractivity contribution in [3.8, 4) is 0 Å². The summed E-state index contributed by atoms with van der Waals surface area (Å²) in [6.07, 6.45) is 0. The van der Waals surface area contributed by atoms with E-state index in [-0.39, 0.29) is 9.92 Å². The van der Waals surface area contributed by atoms with Crippen LogP contribution in [0.15, 0.2) is 41.3 Å². The van der Waals surface area contributed by atoms with Gasteiger partial charge in [0.1, 0.15) is 0 Å². The highest BCUT2D eigenvalue weighted by atomic mass is 32.2. The van der Waals surface area contributed by atoms with Gasteiger partial charge in [0, 0.05) is 28.1 Å². The van der Waals surface area contributed by atoms with Crippen molar-refractivity contribution < 1.29 is 4.92 Å². The van der Waals surface area contributed by atoms with Gasteiger partial charge < -0.3 is 5.32 Å². The Balaban J connectivity index is 2.03. The predicted molar refractivity (Wildman–Crippen MR) is 81.1 cm³/mol. The number of hydrogen-bond donors (Lipinski definition) is 1. The Labute approximate surface area is 120 Å². The van der Waals surface area contributed by atoms with Crippen molar-refractivity contribution in [3.63, 3.8) is 0 Å². The highest BCUT2D eigenvalue weighted by molar-refractivity contribution is 7.99. The molecular weight excluding hydrogens is 280 g/mol. The topological polar surface area (TPSA) is 55.2 Å². The summed E-state index contributed by atoms with van der Waals surface area (Å²) in [5.41, 5.74) is 1.07. The number of nitrogens with zero attached hydrogens (tertiary/aromatic N) is 1. The highest BCUT2D eigenvalue weighted by Crippen LogP contribution is 2.29. The fourth-order valence-corrected chi connectivity index (χ4v) is 3.18. The first-order chi connectivity index (χ1) is 9.20. The summed E-state index contributed by atoms with van der Waals surface area (Å²) >= 11 is 2.99. The minimum Gasteiger partial charge on any atom is -0.379 e. The van der Waals surface area contributed by atoms with Crippen LogP contribution in [0.2, 0.25) is 0 Å². The van der Waals surface area contributed by atoms with Crippen molar-refractivity contribution >= 4 is 33.8 Å². The predicted octanol–water partition coefficient (Wildman–Crippen LogP) is 4.38. The van der Waals surface area contributed by atoms with Gasteiger partial charge in [-0.1, -0.05) is 30.4 Å². The smallest absolute Gasteiger partial charge is 0.324 e. The molecule has 1 heterocycles. The molecule has 2 aromatic rings. The maximum absolute atomic E-state index is 10.6. The van der Waals surface area contributed by atoms with Crippen molar-refractivity contribution in [3.05, 3.63) is 51.4 Å². The summed E-state index contributed by atoms with van der Waals surface area (Å²) in [6.45, 7) is 2.73. The van der Waals surface area contributed by atoms with Crippen molar-refractivity contribution in [2.24, 2.45) is 0 Å². The Kier molecular flexibility index (Phi) is 4.81. The summed E-state index contributed by atoms with van der Waals surface area (Å²) in [5, 5.41) is 14.1. The van der Waals surface area contributed by atoms with Crippen LogP contribution in [0.1, 0.15) is 11.8 Å². The van der Waals surface area contributed by atoms with Gasteiger partial charge in [0.2, 0.25) is 0 Å². The van der Waals surface area contributed by atoms with E-state index in [4.69, 9.17) is 0 Å². The SMILES string of the molecule is CCSc1ccccc1NCc1ccc([N+](=O)[O-])s1. The molecule has 4 nitrogen and oxygen atoms in total. The zero-order valence-electron chi connectivity index (χ0n) is 10.5. The fraction of sp³-hybridized carbons (Fsp3) is 0.231. The number of rotatable bonds is 6. The molecule has 0 amide bonds. The van der Waals surface area contributed by atoms with E-state index in [1.165, 1.54) is 16.2 Å². The van der Waals surface area contributed by atoms with Gasteiger partial charge in [-0.05, 0) is 24.0 Å². The molecule has 0 aliphatic heterocycles. The molecule has 1 aromatic carbocycles. The number of benzene rings is 1. The Morgan fingerprint density at radius 2 is 2.11 bits per heavy atom. The largest absolute Gasteiger partial charge is 0.379 e. The molecule has 100 valence electrons. The molecule has 0 unspecified atom stereocenters. The maximum Gasteiger partial charge on any atom is 0.324 e. The molecule has 6 heteroatoms. The molecule has 0 aliphatic rings. The van der Waals surface area contributed by atoms with Crippen LogP contribution in [0.4, 0.5) is 10.7 Å². The summed E-state index contributed by atoms with van der Waals surface area (Å²) in [4.78, 5) is 12.4. The molecule has 0 spiro atoms. The van der Waals surface area contributed by atoms with E-state index in [9.17, 15) is 10.1 Å². The third-order valence-electron chi connectivity index (χ3n) is 2.47. The number of thioether (sulfide) groups is 1. The van der Waals surface area contributed by atoms with Gasteiger partial charge in [-0.15, -0.1) is 11.8 Å². The van der Waals surface area contributed by atoms with E-state index in [2.05, 4.69) is 18.3 Å². The number of nitro groups is 1.